The summed E-state index contributed by atoms with van der Waals surface area (Å²) in [5, 5.41) is 4.46. The second kappa shape index (κ2) is 11.0. The van der Waals surface area contributed by atoms with Crippen molar-refractivity contribution in [2.45, 2.75) is 0 Å². The van der Waals surface area contributed by atoms with E-state index in [1.54, 1.807) is 0 Å². The molecule has 206 valence electrons. The predicted molar refractivity (Wildman–Crippen MR) is 180 cm³/mol. The Labute approximate surface area is 255 Å². The molecule has 3 aromatic heterocycles. The van der Waals surface area contributed by atoms with Crippen LogP contribution in [-0.4, -0.2) is 19.9 Å². The minimum Gasteiger partial charge on any atom is -0.256 e. The average Bonchev–Trinajstić information content (AvgIpc) is 3.11. The molecule has 0 saturated heterocycles. The Morgan fingerprint density at radius 3 is 1.27 bits per heavy atom. The molecule has 3 heterocycles. The van der Waals surface area contributed by atoms with Gasteiger partial charge in [-0.25, -0.2) is 9.97 Å². The molecule has 0 amide bonds. The Bertz CT molecular complexity index is 2110. The number of nitrogens with zero attached hydrogens (tertiary/aromatic N) is 4. The summed E-state index contributed by atoms with van der Waals surface area (Å²) in [5.41, 5.74) is 8.51. The second-order valence-corrected chi connectivity index (χ2v) is 10.8. The fourth-order valence-electron chi connectivity index (χ4n) is 5.82. The monoisotopic (exact) mass is 562 g/mol. The van der Waals surface area contributed by atoms with Gasteiger partial charge in [-0.3, -0.25) is 9.97 Å². The van der Waals surface area contributed by atoms with Crippen LogP contribution in [0.2, 0.25) is 0 Å². The fourth-order valence-corrected chi connectivity index (χ4v) is 5.82. The first kappa shape index (κ1) is 25.7. The maximum atomic E-state index is 5.14. The lowest BCUT2D eigenvalue weighted by Crippen LogP contribution is -1.97. The summed E-state index contributed by atoms with van der Waals surface area (Å²) in [6.45, 7) is 0. The van der Waals surface area contributed by atoms with Crippen LogP contribution in [-0.2, 0) is 0 Å². The lowest BCUT2D eigenvalue weighted by Gasteiger charge is -2.14. The number of fused-ring (bicyclic) bond motifs is 2. The highest BCUT2D eigenvalue weighted by molar-refractivity contribution is 5.99. The Morgan fingerprint density at radius 1 is 0.341 bits per heavy atom. The van der Waals surface area contributed by atoms with Gasteiger partial charge in [0.2, 0.25) is 0 Å². The van der Waals surface area contributed by atoms with E-state index in [2.05, 4.69) is 109 Å². The van der Waals surface area contributed by atoms with E-state index in [1.165, 1.54) is 0 Å². The van der Waals surface area contributed by atoms with Crippen LogP contribution < -0.4 is 0 Å². The Morgan fingerprint density at radius 2 is 0.773 bits per heavy atom. The first-order chi connectivity index (χ1) is 21.8. The molecule has 4 heteroatoms. The minimum atomic E-state index is 0.647. The molecule has 8 aromatic rings. The summed E-state index contributed by atoms with van der Waals surface area (Å²) < 4.78 is 0. The lowest BCUT2D eigenvalue weighted by atomic mass is 9.95. The largest absolute Gasteiger partial charge is 0.256 e. The van der Waals surface area contributed by atoms with Gasteiger partial charge in [-0.05, 0) is 47.2 Å². The smallest absolute Gasteiger partial charge is 0.160 e. The third kappa shape index (κ3) is 4.79. The van der Waals surface area contributed by atoms with Crippen molar-refractivity contribution in [3.63, 3.8) is 0 Å². The van der Waals surface area contributed by atoms with E-state index in [-0.39, 0.29) is 0 Å². The van der Waals surface area contributed by atoms with E-state index in [0.29, 0.717) is 5.82 Å². The van der Waals surface area contributed by atoms with Gasteiger partial charge in [-0.2, -0.15) is 0 Å². The number of aromatic nitrogens is 4. The summed E-state index contributed by atoms with van der Waals surface area (Å²) >= 11 is 0. The van der Waals surface area contributed by atoms with Crippen LogP contribution in [0.4, 0.5) is 0 Å². The van der Waals surface area contributed by atoms with E-state index >= 15 is 0 Å². The molecule has 8 rings (SSSR count). The second-order valence-electron chi connectivity index (χ2n) is 10.8. The maximum absolute atomic E-state index is 5.14. The molecule has 0 fully saturated rings. The predicted octanol–water partition coefficient (Wildman–Crippen LogP) is 9.91. The summed E-state index contributed by atoms with van der Waals surface area (Å²) in [7, 11) is 0. The van der Waals surface area contributed by atoms with Gasteiger partial charge in [0.1, 0.15) is 0 Å². The number of pyridine rings is 2. The van der Waals surface area contributed by atoms with E-state index in [1.807, 2.05) is 48.8 Å². The molecule has 0 radical (unpaired) electrons. The molecular formula is C40H26N4. The minimum absolute atomic E-state index is 0.647. The standard InChI is InChI=1S/C40H26N4/c1-3-13-29(14-4-1)36-26-37(30-15-5-2-6-16-30)44-40(43-36)33-24-31(38-34-17-9-7-11-27(34)19-21-41-38)23-32(25-33)39-35-18-10-8-12-28(35)20-22-42-39/h1-26H. The topological polar surface area (TPSA) is 51.6 Å². The van der Waals surface area contributed by atoms with Crippen LogP contribution in [0.1, 0.15) is 0 Å². The van der Waals surface area contributed by atoms with Crippen molar-refractivity contribution in [3.8, 4) is 56.4 Å². The van der Waals surface area contributed by atoms with Crippen LogP contribution in [0.15, 0.2) is 158 Å². The van der Waals surface area contributed by atoms with Crippen LogP contribution in [0.5, 0.6) is 0 Å². The number of hydrogen-bond donors (Lipinski definition) is 0. The van der Waals surface area contributed by atoms with Crippen molar-refractivity contribution < 1.29 is 0 Å². The van der Waals surface area contributed by atoms with Crippen molar-refractivity contribution in [2.75, 3.05) is 0 Å². The first-order valence-electron chi connectivity index (χ1n) is 14.6. The van der Waals surface area contributed by atoms with Gasteiger partial charge in [-0.1, -0.05) is 109 Å². The quantitative estimate of drug-likeness (QED) is 0.209. The molecule has 4 nitrogen and oxygen atoms in total. The summed E-state index contributed by atoms with van der Waals surface area (Å²) in [4.78, 5) is 20.0. The van der Waals surface area contributed by atoms with Crippen molar-refractivity contribution in [2.24, 2.45) is 0 Å². The third-order valence-corrected chi connectivity index (χ3v) is 7.95. The van der Waals surface area contributed by atoms with Crippen molar-refractivity contribution in [3.05, 3.63) is 158 Å². The van der Waals surface area contributed by atoms with Gasteiger partial charge in [-0.15, -0.1) is 0 Å². The molecule has 0 unspecified atom stereocenters. The van der Waals surface area contributed by atoms with Gasteiger partial charge in [0, 0.05) is 51.0 Å². The molecule has 0 atom stereocenters. The molecule has 44 heavy (non-hydrogen) atoms. The Hall–Kier alpha value is -6.00. The first-order valence-corrected chi connectivity index (χ1v) is 14.6. The zero-order chi connectivity index (χ0) is 29.3. The molecule has 5 aromatic carbocycles. The van der Waals surface area contributed by atoms with E-state index < -0.39 is 0 Å². The molecule has 0 aliphatic heterocycles. The van der Waals surface area contributed by atoms with Gasteiger partial charge in [0.25, 0.3) is 0 Å². The third-order valence-electron chi connectivity index (χ3n) is 7.95. The lowest BCUT2D eigenvalue weighted by molar-refractivity contribution is 1.18. The molecule has 0 aliphatic rings. The van der Waals surface area contributed by atoms with Crippen LogP contribution in [0.3, 0.4) is 0 Å². The highest BCUT2D eigenvalue weighted by Crippen LogP contribution is 2.36. The highest BCUT2D eigenvalue weighted by Gasteiger charge is 2.16. The van der Waals surface area contributed by atoms with Gasteiger partial charge in [0.15, 0.2) is 5.82 Å². The molecular weight excluding hydrogens is 536 g/mol. The van der Waals surface area contributed by atoms with Crippen molar-refractivity contribution >= 4 is 21.5 Å². The molecule has 0 N–H and O–H groups in total. The number of rotatable bonds is 5. The molecule has 0 saturated carbocycles. The maximum Gasteiger partial charge on any atom is 0.160 e. The summed E-state index contributed by atoms with van der Waals surface area (Å²) in [6, 6.07) is 49.9. The number of hydrogen-bond acceptors (Lipinski definition) is 4. The van der Waals surface area contributed by atoms with Gasteiger partial charge >= 0.3 is 0 Å². The van der Waals surface area contributed by atoms with E-state index in [9.17, 15) is 0 Å². The molecule has 0 aliphatic carbocycles. The normalized spacial score (nSPS) is 11.2. The Balaban J connectivity index is 1.41. The van der Waals surface area contributed by atoms with Gasteiger partial charge in [0.05, 0.1) is 22.8 Å². The zero-order valence-electron chi connectivity index (χ0n) is 23.8. The van der Waals surface area contributed by atoms with Crippen LogP contribution in [0, 0.1) is 0 Å². The SMILES string of the molecule is c1ccc(-c2cc(-c3ccccc3)nc(-c3cc(-c4nccc5ccccc45)cc(-c4nccc5ccccc45)c3)n2)cc1. The fraction of sp³-hybridized carbons (Fsp3) is 0. The van der Waals surface area contributed by atoms with E-state index in [0.717, 1.165) is 72.1 Å². The van der Waals surface area contributed by atoms with Crippen molar-refractivity contribution in [1.29, 1.82) is 0 Å². The molecule has 0 spiro atoms. The highest BCUT2D eigenvalue weighted by atomic mass is 14.9. The summed E-state index contributed by atoms with van der Waals surface area (Å²) in [5.74, 6) is 0.647. The zero-order valence-corrected chi connectivity index (χ0v) is 23.8. The van der Waals surface area contributed by atoms with Crippen LogP contribution in [0.25, 0.3) is 78.0 Å². The van der Waals surface area contributed by atoms with E-state index in [4.69, 9.17) is 19.9 Å². The number of benzene rings is 5. The molecule has 0 bridgehead atoms. The Kier molecular flexibility index (Phi) is 6.43. The average molecular weight is 563 g/mol. The van der Waals surface area contributed by atoms with Crippen LogP contribution >= 0.6 is 0 Å². The summed E-state index contributed by atoms with van der Waals surface area (Å²) in [6.07, 6.45) is 3.75. The van der Waals surface area contributed by atoms with Crippen molar-refractivity contribution in [1.82, 2.24) is 19.9 Å². The van der Waals surface area contributed by atoms with Gasteiger partial charge < -0.3 is 0 Å².